The summed E-state index contributed by atoms with van der Waals surface area (Å²) in [5.74, 6) is 0.918. The van der Waals surface area contributed by atoms with Crippen LogP contribution < -0.4 is 0 Å². The summed E-state index contributed by atoms with van der Waals surface area (Å²) in [5.41, 5.74) is 3.99. The minimum atomic E-state index is 0.404. The predicted octanol–water partition coefficient (Wildman–Crippen LogP) is 4.57. The maximum Gasteiger partial charge on any atom is 0.129 e. The summed E-state index contributed by atoms with van der Waals surface area (Å²) in [6, 6.07) is 12.3. The first-order valence-electron chi connectivity index (χ1n) is 6.27. The molecule has 2 aromatic carbocycles. The summed E-state index contributed by atoms with van der Waals surface area (Å²) in [5, 5.41) is 9.99. The summed E-state index contributed by atoms with van der Waals surface area (Å²) in [4.78, 5) is 2.36. The van der Waals surface area contributed by atoms with E-state index >= 15 is 0 Å². The van der Waals surface area contributed by atoms with Gasteiger partial charge in [0.2, 0.25) is 0 Å². The molecule has 1 nitrogen and oxygen atoms in total. The maximum absolute atomic E-state index is 9.99. The van der Waals surface area contributed by atoms with E-state index in [9.17, 15) is 5.11 Å². The van der Waals surface area contributed by atoms with Gasteiger partial charge in [-0.05, 0) is 35.1 Å². The quantitative estimate of drug-likeness (QED) is 0.688. The first-order chi connectivity index (χ1) is 8.66. The Kier molecular flexibility index (Phi) is 2.83. The van der Waals surface area contributed by atoms with Gasteiger partial charge in [0.25, 0.3) is 0 Å². The number of phenols is 1. The average Bonchev–Trinajstić information content (AvgIpc) is 2.36. The van der Waals surface area contributed by atoms with Crippen LogP contribution in [0, 0.1) is 0 Å². The van der Waals surface area contributed by atoms with E-state index in [1.165, 1.54) is 21.6 Å². The molecule has 3 rings (SSSR count). The molecule has 1 heterocycles. The SMILES string of the molecule is CC(C)c1cccc2c1Sc1c(O)cccc1C2. The monoisotopic (exact) mass is 256 g/mol. The molecule has 92 valence electrons. The molecule has 18 heavy (non-hydrogen) atoms. The largest absolute Gasteiger partial charge is 0.507 e. The second kappa shape index (κ2) is 4.36. The zero-order valence-electron chi connectivity index (χ0n) is 10.6. The summed E-state index contributed by atoms with van der Waals surface area (Å²) < 4.78 is 0. The van der Waals surface area contributed by atoms with E-state index in [4.69, 9.17) is 0 Å². The van der Waals surface area contributed by atoms with Gasteiger partial charge in [-0.3, -0.25) is 0 Å². The second-order valence-corrected chi connectivity index (χ2v) is 6.06. The Morgan fingerprint density at radius 2 is 1.67 bits per heavy atom. The number of fused-ring (bicyclic) bond motifs is 2. The fourth-order valence-corrected chi connectivity index (χ4v) is 3.80. The topological polar surface area (TPSA) is 20.2 Å². The number of rotatable bonds is 1. The molecule has 2 heteroatoms. The van der Waals surface area contributed by atoms with Gasteiger partial charge >= 0.3 is 0 Å². The van der Waals surface area contributed by atoms with Crippen molar-refractivity contribution in [1.29, 1.82) is 0 Å². The maximum atomic E-state index is 9.99. The third-order valence-electron chi connectivity index (χ3n) is 3.41. The number of phenolic OH excluding ortho intramolecular Hbond substituents is 1. The Morgan fingerprint density at radius 1 is 1.00 bits per heavy atom. The number of aromatic hydroxyl groups is 1. The summed E-state index contributed by atoms with van der Waals surface area (Å²) in [7, 11) is 0. The summed E-state index contributed by atoms with van der Waals surface area (Å²) in [6.07, 6.45) is 0.923. The van der Waals surface area contributed by atoms with Crippen molar-refractivity contribution in [3.8, 4) is 5.75 Å². The van der Waals surface area contributed by atoms with E-state index in [0.717, 1.165) is 11.3 Å². The van der Waals surface area contributed by atoms with Crippen LogP contribution in [0.4, 0.5) is 0 Å². The minimum absolute atomic E-state index is 0.404. The van der Waals surface area contributed by atoms with E-state index in [2.05, 4.69) is 38.1 Å². The van der Waals surface area contributed by atoms with Gasteiger partial charge in [0.05, 0.1) is 4.90 Å². The molecular formula is C16H16OS. The Balaban J connectivity index is 2.14. The lowest BCUT2D eigenvalue weighted by Crippen LogP contribution is -2.03. The summed E-state index contributed by atoms with van der Waals surface area (Å²) >= 11 is 1.71. The highest BCUT2D eigenvalue weighted by Crippen LogP contribution is 2.46. The number of benzene rings is 2. The highest BCUT2D eigenvalue weighted by atomic mass is 32.2. The van der Waals surface area contributed by atoms with Crippen molar-refractivity contribution in [2.24, 2.45) is 0 Å². The van der Waals surface area contributed by atoms with Crippen molar-refractivity contribution in [2.45, 2.75) is 36.0 Å². The fraction of sp³-hybridized carbons (Fsp3) is 0.250. The molecule has 0 amide bonds. The Morgan fingerprint density at radius 3 is 2.39 bits per heavy atom. The van der Waals surface area contributed by atoms with Gasteiger partial charge in [0, 0.05) is 4.90 Å². The molecule has 0 atom stereocenters. The zero-order chi connectivity index (χ0) is 12.7. The molecule has 0 aliphatic carbocycles. The van der Waals surface area contributed by atoms with E-state index < -0.39 is 0 Å². The number of hydrogen-bond donors (Lipinski definition) is 1. The highest BCUT2D eigenvalue weighted by molar-refractivity contribution is 7.99. The molecule has 0 saturated heterocycles. The van der Waals surface area contributed by atoms with E-state index in [1.807, 2.05) is 6.07 Å². The van der Waals surface area contributed by atoms with E-state index in [1.54, 1.807) is 17.8 Å². The zero-order valence-corrected chi connectivity index (χ0v) is 11.4. The van der Waals surface area contributed by atoms with Crippen LogP contribution in [0.3, 0.4) is 0 Å². The molecule has 2 aromatic rings. The normalized spacial score (nSPS) is 13.3. The van der Waals surface area contributed by atoms with Crippen molar-refractivity contribution < 1.29 is 5.11 Å². The van der Waals surface area contributed by atoms with Crippen molar-refractivity contribution in [3.05, 3.63) is 53.1 Å². The highest BCUT2D eigenvalue weighted by Gasteiger charge is 2.21. The second-order valence-electron chi connectivity index (χ2n) is 5.03. The van der Waals surface area contributed by atoms with Gasteiger partial charge in [0.1, 0.15) is 5.75 Å². The predicted molar refractivity (Wildman–Crippen MR) is 75.6 cm³/mol. The van der Waals surface area contributed by atoms with Crippen LogP contribution in [-0.2, 0) is 6.42 Å². The lowest BCUT2D eigenvalue weighted by atomic mass is 9.96. The van der Waals surface area contributed by atoms with Crippen molar-refractivity contribution in [3.63, 3.8) is 0 Å². The molecular weight excluding hydrogens is 240 g/mol. The molecule has 0 radical (unpaired) electrons. The molecule has 1 N–H and O–H groups in total. The summed E-state index contributed by atoms with van der Waals surface area (Å²) in [6.45, 7) is 4.44. The van der Waals surface area contributed by atoms with Gasteiger partial charge in [0.15, 0.2) is 0 Å². The standard InChI is InChI=1S/C16H16OS/c1-10(2)13-7-3-5-11-9-12-6-4-8-14(17)16(12)18-15(11)13/h3-8,10,17H,9H2,1-2H3. The molecule has 0 fully saturated rings. The smallest absolute Gasteiger partial charge is 0.129 e. The van der Waals surface area contributed by atoms with Gasteiger partial charge in [-0.2, -0.15) is 0 Å². The van der Waals surface area contributed by atoms with Crippen molar-refractivity contribution in [2.75, 3.05) is 0 Å². The third-order valence-corrected chi connectivity index (χ3v) is 4.79. The van der Waals surface area contributed by atoms with E-state index in [-0.39, 0.29) is 0 Å². The van der Waals surface area contributed by atoms with E-state index in [0.29, 0.717) is 11.7 Å². The van der Waals surface area contributed by atoms with Gasteiger partial charge in [-0.25, -0.2) is 0 Å². The Hall–Kier alpha value is -1.41. The van der Waals surface area contributed by atoms with Crippen LogP contribution in [0.1, 0.15) is 36.5 Å². The first-order valence-corrected chi connectivity index (χ1v) is 7.09. The van der Waals surface area contributed by atoms with Crippen LogP contribution in [0.5, 0.6) is 5.75 Å². The lowest BCUT2D eigenvalue weighted by molar-refractivity contribution is 0.460. The Labute approximate surface area is 112 Å². The molecule has 0 spiro atoms. The molecule has 0 saturated carbocycles. The lowest BCUT2D eigenvalue weighted by Gasteiger charge is -2.23. The van der Waals surface area contributed by atoms with Crippen molar-refractivity contribution >= 4 is 11.8 Å². The third kappa shape index (κ3) is 1.81. The van der Waals surface area contributed by atoms with Gasteiger partial charge < -0.3 is 5.11 Å². The van der Waals surface area contributed by atoms with Gasteiger partial charge in [-0.1, -0.05) is 55.9 Å². The van der Waals surface area contributed by atoms with Crippen LogP contribution in [0.15, 0.2) is 46.2 Å². The Bertz CT molecular complexity index is 602. The van der Waals surface area contributed by atoms with Crippen LogP contribution in [0.25, 0.3) is 0 Å². The van der Waals surface area contributed by atoms with Crippen molar-refractivity contribution in [1.82, 2.24) is 0 Å². The fourth-order valence-electron chi connectivity index (χ4n) is 2.46. The minimum Gasteiger partial charge on any atom is -0.507 e. The van der Waals surface area contributed by atoms with Crippen LogP contribution in [-0.4, -0.2) is 5.11 Å². The van der Waals surface area contributed by atoms with Crippen LogP contribution >= 0.6 is 11.8 Å². The molecule has 1 aliphatic rings. The average molecular weight is 256 g/mol. The molecule has 0 unspecified atom stereocenters. The molecule has 1 aliphatic heterocycles. The van der Waals surface area contributed by atoms with Crippen LogP contribution in [0.2, 0.25) is 0 Å². The molecule has 0 bridgehead atoms. The molecule has 0 aromatic heterocycles. The number of hydrogen-bond acceptors (Lipinski definition) is 2. The first kappa shape index (κ1) is 11.7. The van der Waals surface area contributed by atoms with Gasteiger partial charge in [-0.15, -0.1) is 0 Å².